The van der Waals surface area contributed by atoms with Crippen LogP contribution < -0.4 is 5.32 Å². The monoisotopic (exact) mass is 246 g/mol. The lowest BCUT2D eigenvalue weighted by atomic mass is 10.00. The molecule has 1 aromatic carbocycles. The summed E-state index contributed by atoms with van der Waals surface area (Å²) in [5.74, 6) is 0.572. The van der Waals surface area contributed by atoms with E-state index in [4.69, 9.17) is 0 Å². The van der Waals surface area contributed by atoms with Crippen LogP contribution in [0.3, 0.4) is 0 Å². The van der Waals surface area contributed by atoms with Crippen molar-refractivity contribution in [2.24, 2.45) is 0 Å². The Labute approximate surface area is 112 Å². The molecule has 18 heavy (non-hydrogen) atoms. The van der Waals surface area contributed by atoms with E-state index in [-0.39, 0.29) is 0 Å². The lowest BCUT2D eigenvalue weighted by molar-refractivity contribution is 0.333. The summed E-state index contributed by atoms with van der Waals surface area (Å²) in [6.07, 6.45) is 3.02. The Morgan fingerprint density at radius 2 is 2.00 bits per heavy atom. The molecule has 0 amide bonds. The van der Waals surface area contributed by atoms with Crippen molar-refractivity contribution in [3.05, 3.63) is 48.0 Å². The number of benzene rings is 1. The van der Waals surface area contributed by atoms with Gasteiger partial charge in [0, 0.05) is 19.6 Å². The first-order chi connectivity index (χ1) is 8.67. The smallest absolute Gasteiger partial charge is 0.0230 e. The fraction of sp³-hybridized carbons (Fsp3) is 0.500. The highest BCUT2D eigenvalue weighted by Crippen LogP contribution is 2.15. The molecular formula is C16H26N2. The molecule has 0 fully saturated rings. The van der Waals surface area contributed by atoms with Crippen molar-refractivity contribution in [2.75, 3.05) is 27.2 Å². The predicted octanol–water partition coefficient (Wildman–Crippen LogP) is 3.02. The topological polar surface area (TPSA) is 15.3 Å². The van der Waals surface area contributed by atoms with Crippen LogP contribution in [0.15, 0.2) is 36.9 Å². The molecule has 2 heteroatoms. The molecule has 1 N–H and O–H groups in total. The summed E-state index contributed by atoms with van der Waals surface area (Å²) in [6.45, 7) is 9.11. The first-order valence-electron chi connectivity index (χ1n) is 6.70. The van der Waals surface area contributed by atoms with Crippen LogP contribution in [0.5, 0.6) is 0 Å². The zero-order valence-corrected chi connectivity index (χ0v) is 11.9. The number of hydrogen-bond acceptors (Lipinski definition) is 2. The van der Waals surface area contributed by atoms with Gasteiger partial charge < -0.3 is 10.2 Å². The Balaban J connectivity index is 2.51. The first kappa shape index (κ1) is 14.9. The summed E-state index contributed by atoms with van der Waals surface area (Å²) in [5.41, 5.74) is 2.78. The normalized spacial score (nSPS) is 12.7. The zero-order chi connectivity index (χ0) is 13.4. The van der Waals surface area contributed by atoms with Crippen LogP contribution in [0, 0.1) is 0 Å². The van der Waals surface area contributed by atoms with E-state index in [2.05, 4.69) is 55.0 Å². The molecular weight excluding hydrogens is 220 g/mol. The Hall–Kier alpha value is -1.12. The summed E-state index contributed by atoms with van der Waals surface area (Å²) in [5, 5.41) is 3.22. The molecule has 1 unspecified atom stereocenters. The van der Waals surface area contributed by atoms with E-state index in [1.165, 1.54) is 11.1 Å². The molecule has 0 spiro atoms. The standard InChI is InChI=1S/C16H26N2/c1-5-6-11-18(4)13-15-7-9-16(10-8-15)14(2)12-17-3/h5,7-10,14,17H,1,6,11-13H2,2-4H3. The fourth-order valence-corrected chi connectivity index (χ4v) is 2.08. The van der Waals surface area contributed by atoms with Gasteiger partial charge in [0.25, 0.3) is 0 Å². The molecule has 0 saturated carbocycles. The van der Waals surface area contributed by atoms with E-state index in [0.717, 1.165) is 26.1 Å². The first-order valence-corrected chi connectivity index (χ1v) is 6.70. The van der Waals surface area contributed by atoms with Crippen molar-refractivity contribution in [2.45, 2.75) is 25.8 Å². The molecule has 1 aromatic rings. The van der Waals surface area contributed by atoms with Gasteiger partial charge in [-0.3, -0.25) is 0 Å². The second-order valence-corrected chi connectivity index (χ2v) is 5.02. The molecule has 2 nitrogen and oxygen atoms in total. The van der Waals surface area contributed by atoms with Crippen molar-refractivity contribution < 1.29 is 0 Å². The van der Waals surface area contributed by atoms with Gasteiger partial charge in [-0.25, -0.2) is 0 Å². The minimum absolute atomic E-state index is 0.572. The Morgan fingerprint density at radius 1 is 1.33 bits per heavy atom. The lowest BCUT2D eigenvalue weighted by Gasteiger charge is -2.16. The van der Waals surface area contributed by atoms with Crippen LogP contribution in [0.1, 0.15) is 30.4 Å². The van der Waals surface area contributed by atoms with Gasteiger partial charge in [0.1, 0.15) is 0 Å². The number of rotatable bonds is 8. The van der Waals surface area contributed by atoms with Crippen molar-refractivity contribution in [3.63, 3.8) is 0 Å². The largest absolute Gasteiger partial charge is 0.319 e. The predicted molar refractivity (Wildman–Crippen MR) is 79.9 cm³/mol. The highest BCUT2D eigenvalue weighted by atomic mass is 15.1. The van der Waals surface area contributed by atoms with Crippen molar-refractivity contribution in [1.29, 1.82) is 0 Å². The van der Waals surface area contributed by atoms with E-state index < -0.39 is 0 Å². The maximum absolute atomic E-state index is 3.76. The summed E-state index contributed by atoms with van der Waals surface area (Å²) in [6, 6.07) is 8.98. The SMILES string of the molecule is C=CCCN(C)Cc1ccc(C(C)CNC)cc1. The average Bonchev–Trinajstić information content (AvgIpc) is 2.37. The van der Waals surface area contributed by atoms with Gasteiger partial charge in [-0.05, 0) is 37.6 Å². The Kier molecular flexibility index (Phi) is 6.69. The van der Waals surface area contributed by atoms with E-state index in [1.54, 1.807) is 0 Å². The third-order valence-electron chi connectivity index (χ3n) is 3.23. The van der Waals surface area contributed by atoms with Crippen LogP contribution in [-0.2, 0) is 6.54 Å². The molecule has 100 valence electrons. The second kappa shape index (κ2) is 8.06. The number of hydrogen-bond donors (Lipinski definition) is 1. The summed E-state index contributed by atoms with van der Waals surface area (Å²) < 4.78 is 0. The van der Waals surface area contributed by atoms with E-state index in [9.17, 15) is 0 Å². The van der Waals surface area contributed by atoms with E-state index in [1.807, 2.05) is 13.1 Å². The number of nitrogens with one attached hydrogen (secondary N) is 1. The van der Waals surface area contributed by atoms with Crippen LogP contribution in [0.2, 0.25) is 0 Å². The molecule has 0 aliphatic rings. The van der Waals surface area contributed by atoms with Gasteiger partial charge >= 0.3 is 0 Å². The molecule has 1 atom stereocenters. The fourth-order valence-electron chi connectivity index (χ4n) is 2.08. The quantitative estimate of drug-likeness (QED) is 0.709. The van der Waals surface area contributed by atoms with Crippen molar-refractivity contribution >= 4 is 0 Å². The zero-order valence-electron chi connectivity index (χ0n) is 11.9. The third-order valence-corrected chi connectivity index (χ3v) is 3.23. The average molecular weight is 246 g/mol. The van der Waals surface area contributed by atoms with Gasteiger partial charge in [0.05, 0.1) is 0 Å². The van der Waals surface area contributed by atoms with E-state index >= 15 is 0 Å². The summed E-state index contributed by atoms with van der Waals surface area (Å²) >= 11 is 0. The highest BCUT2D eigenvalue weighted by molar-refractivity contribution is 5.25. The molecule has 0 aromatic heterocycles. The lowest BCUT2D eigenvalue weighted by Crippen LogP contribution is -2.18. The minimum atomic E-state index is 0.572. The molecule has 0 radical (unpaired) electrons. The number of likely N-dealkylation sites (N-methyl/N-ethyl adjacent to an activating group) is 1. The van der Waals surface area contributed by atoms with Gasteiger partial charge in [-0.15, -0.1) is 6.58 Å². The molecule has 0 aliphatic carbocycles. The van der Waals surface area contributed by atoms with Gasteiger partial charge in [-0.1, -0.05) is 37.3 Å². The number of nitrogens with zero attached hydrogens (tertiary/aromatic N) is 1. The second-order valence-electron chi connectivity index (χ2n) is 5.02. The van der Waals surface area contributed by atoms with E-state index in [0.29, 0.717) is 5.92 Å². The van der Waals surface area contributed by atoms with Gasteiger partial charge in [0.15, 0.2) is 0 Å². The van der Waals surface area contributed by atoms with Crippen molar-refractivity contribution in [1.82, 2.24) is 10.2 Å². The summed E-state index contributed by atoms with van der Waals surface area (Å²) in [7, 11) is 4.15. The van der Waals surface area contributed by atoms with Gasteiger partial charge in [-0.2, -0.15) is 0 Å². The maximum atomic E-state index is 3.76. The molecule has 0 saturated heterocycles. The maximum Gasteiger partial charge on any atom is 0.0230 e. The molecule has 0 aliphatic heterocycles. The van der Waals surface area contributed by atoms with Crippen LogP contribution in [0.4, 0.5) is 0 Å². The van der Waals surface area contributed by atoms with Crippen molar-refractivity contribution in [3.8, 4) is 0 Å². The van der Waals surface area contributed by atoms with Gasteiger partial charge in [0.2, 0.25) is 0 Å². The Morgan fingerprint density at radius 3 is 2.56 bits per heavy atom. The van der Waals surface area contributed by atoms with Crippen LogP contribution in [-0.4, -0.2) is 32.1 Å². The Bertz CT molecular complexity index is 343. The molecule has 0 heterocycles. The highest BCUT2D eigenvalue weighted by Gasteiger charge is 2.04. The van der Waals surface area contributed by atoms with Crippen LogP contribution >= 0.6 is 0 Å². The molecule has 0 bridgehead atoms. The molecule has 1 rings (SSSR count). The minimum Gasteiger partial charge on any atom is -0.319 e. The third kappa shape index (κ3) is 5.03. The van der Waals surface area contributed by atoms with Crippen LogP contribution in [0.25, 0.3) is 0 Å². The summed E-state index contributed by atoms with van der Waals surface area (Å²) in [4.78, 5) is 2.33.